The Bertz CT molecular complexity index is 560. The maximum absolute atomic E-state index is 11.8. The lowest BCUT2D eigenvalue weighted by Crippen LogP contribution is -2.35. The highest BCUT2D eigenvalue weighted by molar-refractivity contribution is 5.91. The third-order valence-corrected chi connectivity index (χ3v) is 3.03. The number of hydrogen-bond acceptors (Lipinski definition) is 2. The summed E-state index contributed by atoms with van der Waals surface area (Å²) in [6.07, 6.45) is 2.20. The van der Waals surface area contributed by atoms with Crippen LogP contribution in [0.4, 0.5) is 0 Å². The fraction of sp³-hybridized carbons (Fsp3) is 0.357. The Balaban J connectivity index is 2.19. The molecule has 0 aliphatic heterocycles. The molecule has 1 amide bonds. The summed E-state index contributed by atoms with van der Waals surface area (Å²) in [5, 5.41) is 12.8. The first-order valence-corrected chi connectivity index (χ1v) is 6.07. The van der Waals surface area contributed by atoms with Gasteiger partial charge in [-0.1, -0.05) is 12.1 Å². The van der Waals surface area contributed by atoms with E-state index < -0.39 is 0 Å². The molecule has 0 aliphatic rings. The average Bonchev–Trinajstić information content (AvgIpc) is 2.73. The van der Waals surface area contributed by atoms with Gasteiger partial charge in [0.1, 0.15) is 0 Å². The van der Waals surface area contributed by atoms with Gasteiger partial charge in [0.05, 0.1) is 13.0 Å². The highest BCUT2D eigenvalue weighted by Crippen LogP contribution is 2.22. The largest absolute Gasteiger partial charge is 0.394 e. The zero-order valence-electron chi connectivity index (χ0n) is 10.7. The molecule has 0 fully saturated rings. The number of aromatic nitrogens is 1. The average molecular weight is 246 g/mol. The van der Waals surface area contributed by atoms with Crippen molar-refractivity contribution in [1.29, 1.82) is 0 Å². The predicted octanol–water partition coefficient (Wildman–Crippen LogP) is 1.52. The van der Waals surface area contributed by atoms with Crippen LogP contribution in [0.3, 0.4) is 0 Å². The van der Waals surface area contributed by atoms with Crippen LogP contribution in [-0.2, 0) is 11.2 Å². The highest BCUT2D eigenvalue weighted by atomic mass is 16.3. The van der Waals surface area contributed by atoms with Crippen LogP contribution in [0.25, 0.3) is 10.9 Å². The number of amides is 1. The van der Waals surface area contributed by atoms with Gasteiger partial charge in [-0.25, -0.2) is 0 Å². The van der Waals surface area contributed by atoms with E-state index in [1.54, 1.807) is 6.92 Å². The van der Waals surface area contributed by atoms with E-state index in [4.69, 9.17) is 5.11 Å². The minimum absolute atomic E-state index is 0.0430. The van der Waals surface area contributed by atoms with Crippen LogP contribution in [0.15, 0.2) is 24.4 Å². The van der Waals surface area contributed by atoms with Gasteiger partial charge in [0.15, 0.2) is 0 Å². The number of carbonyl (C=O) groups excluding carboxylic acids is 1. The zero-order chi connectivity index (χ0) is 13.1. The molecule has 0 saturated heterocycles. The molecule has 2 aromatic rings. The summed E-state index contributed by atoms with van der Waals surface area (Å²) in [7, 11) is 0. The van der Waals surface area contributed by atoms with E-state index in [-0.39, 0.29) is 18.6 Å². The maximum atomic E-state index is 11.8. The normalized spacial score (nSPS) is 12.6. The molecule has 96 valence electrons. The van der Waals surface area contributed by atoms with Gasteiger partial charge >= 0.3 is 0 Å². The van der Waals surface area contributed by atoms with Crippen molar-refractivity contribution in [2.24, 2.45) is 0 Å². The molecule has 0 aliphatic carbocycles. The minimum Gasteiger partial charge on any atom is -0.394 e. The van der Waals surface area contributed by atoms with Crippen LogP contribution in [0, 0.1) is 6.92 Å². The van der Waals surface area contributed by atoms with E-state index in [1.165, 1.54) is 0 Å². The lowest BCUT2D eigenvalue weighted by Gasteiger charge is -2.10. The SMILES string of the molecule is Cc1cccc2[nH]cc(CC(=O)NC(C)CO)c12. The van der Waals surface area contributed by atoms with Crippen LogP contribution in [0.5, 0.6) is 0 Å². The number of hydrogen-bond donors (Lipinski definition) is 3. The maximum Gasteiger partial charge on any atom is 0.224 e. The van der Waals surface area contributed by atoms with Crippen molar-refractivity contribution in [3.05, 3.63) is 35.5 Å². The van der Waals surface area contributed by atoms with Gasteiger partial charge in [0, 0.05) is 23.1 Å². The number of aryl methyl sites for hydroxylation is 1. The molecule has 1 atom stereocenters. The Morgan fingerprint density at radius 1 is 1.50 bits per heavy atom. The Hall–Kier alpha value is -1.81. The first kappa shape index (κ1) is 12.6. The van der Waals surface area contributed by atoms with Crippen LogP contribution < -0.4 is 5.32 Å². The van der Waals surface area contributed by atoms with Crippen molar-refractivity contribution in [3.63, 3.8) is 0 Å². The van der Waals surface area contributed by atoms with Gasteiger partial charge in [-0.3, -0.25) is 4.79 Å². The first-order valence-electron chi connectivity index (χ1n) is 6.07. The smallest absolute Gasteiger partial charge is 0.224 e. The molecule has 0 spiro atoms. The van der Waals surface area contributed by atoms with E-state index in [0.717, 1.165) is 22.0 Å². The fourth-order valence-corrected chi connectivity index (χ4v) is 2.14. The second-order valence-corrected chi connectivity index (χ2v) is 4.64. The third-order valence-electron chi connectivity index (χ3n) is 3.03. The number of H-pyrrole nitrogens is 1. The molecule has 4 heteroatoms. The van der Waals surface area contributed by atoms with Crippen molar-refractivity contribution in [1.82, 2.24) is 10.3 Å². The summed E-state index contributed by atoms with van der Waals surface area (Å²) in [6, 6.07) is 5.82. The summed E-state index contributed by atoms with van der Waals surface area (Å²) in [4.78, 5) is 15.0. The number of rotatable bonds is 4. The Kier molecular flexibility index (Phi) is 3.67. The molecule has 4 nitrogen and oxygen atoms in total. The summed E-state index contributed by atoms with van der Waals surface area (Å²) < 4.78 is 0. The van der Waals surface area contributed by atoms with Crippen LogP contribution >= 0.6 is 0 Å². The molecule has 0 saturated carbocycles. The second kappa shape index (κ2) is 5.23. The molecule has 1 aromatic heterocycles. The lowest BCUT2D eigenvalue weighted by atomic mass is 10.1. The summed E-state index contributed by atoms with van der Waals surface area (Å²) in [6.45, 7) is 3.77. The minimum atomic E-state index is -0.205. The van der Waals surface area contributed by atoms with Gasteiger partial charge in [0.2, 0.25) is 5.91 Å². The van der Waals surface area contributed by atoms with E-state index >= 15 is 0 Å². The fourth-order valence-electron chi connectivity index (χ4n) is 2.14. The summed E-state index contributed by atoms with van der Waals surface area (Å²) >= 11 is 0. The molecule has 1 heterocycles. The van der Waals surface area contributed by atoms with Gasteiger partial charge < -0.3 is 15.4 Å². The Labute approximate surface area is 106 Å². The first-order chi connectivity index (χ1) is 8.61. The number of fused-ring (bicyclic) bond motifs is 1. The number of nitrogens with one attached hydrogen (secondary N) is 2. The standard InChI is InChI=1S/C14H18N2O2/c1-9-4-3-5-12-14(9)11(7-15-12)6-13(18)16-10(2)8-17/h3-5,7,10,15,17H,6,8H2,1-2H3,(H,16,18). The molecular formula is C14H18N2O2. The Morgan fingerprint density at radius 2 is 2.28 bits per heavy atom. The molecule has 1 unspecified atom stereocenters. The van der Waals surface area contributed by atoms with Gasteiger partial charge in [-0.2, -0.15) is 0 Å². The van der Waals surface area contributed by atoms with Gasteiger partial charge in [0.25, 0.3) is 0 Å². The van der Waals surface area contributed by atoms with Crippen molar-refractivity contribution < 1.29 is 9.90 Å². The number of aliphatic hydroxyl groups is 1. The van der Waals surface area contributed by atoms with E-state index in [2.05, 4.69) is 10.3 Å². The molecule has 18 heavy (non-hydrogen) atoms. The topological polar surface area (TPSA) is 65.1 Å². The molecule has 0 bridgehead atoms. The molecular weight excluding hydrogens is 228 g/mol. The van der Waals surface area contributed by atoms with Crippen molar-refractivity contribution >= 4 is 16.8 Å². The molecule has 1 aromatic carbocycles. The predicted molar refractivity (Wildman–Crippen MR) is 71.4 cm³/mol. The van der Waals surface area contributed by atoms with Gasteiger partial charge in [-0.15, -0.1) is 0 Å². The molecule has 0 radical (unpaired) electrons. The third kappa shape index (κ3) is 2.54. The molecule has 3 N–H and O–H groups in total. The van der Waals surface area contributed by atoms with Crippen molar-refractivity contribution in [2.75, 3.05) is 6.61 Å². The zero-order valence-corrected chi connectivity index (χ0v) is 10.7. The van der Waals surface area contributed by atoms with Crippen molar-refractivity contribution in [2.45, 2.75) is 26.3 Å². The Morgan fingerprint density at radius 3 is 3.00 bits per heavy atom. The molecule has 2 rings (SSSR count). The summed E-state index contributed by atoms with van der Waals surface area (Å²) in [5.41, 5.74) is 3.20. The van der Waals surface area contributed by atoms with Crippen molar-refractivity contribution in [3.8, 4) is 0 Å². The number of aliphatic hydroxyl groups excluding tert-OH is 1. The lowest BCUT2D eigenvalue weighted by molar-refractivity contribution is -0.121. The van der Waals surface area contributed by atoms with E-state index in [1.807, 2.05) is 31.3 Å². The quantitative estimate of drug-likeness (QED) is 0.765. The van der Waals surface area contributed by atoms with Crippen LogP contribution in [-0.4, -0.2) is 28.6 Å². The van der Waals surface area contributed by atoms with Gasteiger partial charge in [-0.05, 0) is 31.0 Å². The number of benzene rings is 1. The number of carbonyl (C=O) groups is 1. The monoisotopic (exact) mass is 246 g/mol. The second-order valence-electron chi connectivity index (χ2n) is 4.64. The van der Waals surface area contributed by atoms with E-state index in [9.17, 15) is 4.79 Å². The summed E-state index contributed by atoms with van der Waals surface area (Å²) in [5.74, 6) is -0.0688. The number of aromatic amines is 1. The highest BCUT2D eigenvalue weighted by Gasteiger charge is 2.11. The van der Waals surface area contributed by atoms with Crippen LogP contribution in [0.1, 0.15) is 18.1 Å². The van der Waals surface area contributed by atoms with E-state index in [0.29, 0.717) is 6.42 Å². The van der Waals surface area contributed by atoms with Crippen LogP contribution in [0.2, 0.25) is 0 Å².